The van der Waals surface area contributed by atoms with Gasteiger partial charge in [0.15, 0.2) is 11.5 Å². The van der Waals surface area contributed by atoms with E-state index in [0.29, 0.717) is 19.1 Å². The first-order valence-electron chi connectivity index (χ1n) is 8.47. The van der Waals surface area contributed by atoms with Crippen molar-refractivity contribution in [3.8, 4) is 11.5 Å². The molecule has 1 aliphatic carbocycles. The van der Waals surface area contributed by atoms with E-state index in [4.69, 9.17) is 15.2 Å². The molecule has 3 nitrogen and oxygen atoms in total. The van der Waals surface area contributed by atoms with Gasteiger partial charge in [0, 0.05) is 6.04 Å². The molecule has 0 bridgehead atoms. The van der Waals surface area contributed by atoms with Crippen LogP contribution in [-0.2, 0) is 6.61 Å². The van der Waals surface area contributed by atoms with Gasteiger partial charge in [0.2, 0.25) is 0 Å². The van der Waals surface area contributed by atoms with Crippen molar-refractivity contribution in [1.29, 1.82) is 0 Å². The third-order valence-electron chi connectivity index (χ3n) is 4.55. The summed E-state index contributed by atoms with van der Waals surface area (Å²) < 4.78 is 11.7. The Labute approximate surface area is 138 Å². The summed E-state index contributed by atoms with van der Waals surface area (Å²) in [7, 11) is 0. The first-order valence-corrected chi connectivity index (χ1v) is 8.47. The number of hydrogen-bond donors (Lipinski definition) is 1. The highest BCUT2D eigenvalue weighted by atomic mass is 16.5. The smallest absolute Gasteiger partial charge is 0.161 e. The molecule has 0 heterocycles. The van der Waals surface area contributed by atoms with Crippen molar-refractivity contribution in [3.63, 3.8) is 0 Å². The molecule has 1 saturated carbocycles. The average Bonchev–Trinajstić information content (AvgIpc) is 2.53. The van der Waals surface area contributed by atoms with E-state index in [1.165, 1.54) is 19.3 Å². The zero-order chi connectivity index (χ0) is 16.1. The predicted molar refractivity (Wildman–Crippen MR) is 92.7 cm³/mol. The lowest BCUT2D eigenvalue weighted by molar-refractivity contribution is 0.258. The molecule has 3 rings (SSSR count). The summed E-state index contributed by atoms with van der Waals surface area (Å²) >= 11 is 0. The maximum Gasteiger partial charge on any atom is 0.161 e. The number of hydrogen-bond acceptors (Lipinski definition) is 3. The van der Waals surface area contributed by atoms with Gasteiger partial charge in [-0.05, 0) is 48.9 Å². The van der Waals surface area contributed by atoms with Crippen LogP contribution in [-0.4, -0.2) is 6.61 Å². The molecule has 2 aromatic rings. The first kappa shape index (κ1) is 15.9. The normalized spacial score (nSPS) is 15.7. The van der Waals surface area contributed by atoms with E-state index < -0.39 is 0 Å². The Morgan fingerprint density at radius 1 is 1.04 bits per heavy atom. The molecule has 1 aliphatic rings. The SMILES string of the molecule is CCOc1cc([C@H](N)C2CCC2)ccc1OCc1ccccc1. The minimum atomic E-state index is 0.103. The fourth-order valence-electron chi connectivity index (χ4n) is 2.93. The third kappa shape index (κ3) is 3.85. The van der Waals surface area contributed by atoms with E-state index in [0.717, 1.165) is 22.6 Å². The van der Waals surface area contributed by atoms with Gasteiger partial charge < -0.3 is 15.2 Å². The highest BCUT2D eigenvalue weighted by Gasteiger charge is 2.26. The lowest BCUT2D eigenvalue weighted by Crippen LogP contribution is -2.26. The van der Waals surface area contributed by atoms with Gasteiger partial charge in [-0.2, -0.15) is 0 Å². The summed E-state index contributed by atoms with van der Waals surface area (Å²) in [6, 6.07) is 16.4. The zero-order valence-electron chi connectivity index (χ0n) is 13.7. The molecule has 0 spiro atoms. The maximum atomic E-state index is 6.38. The second-order valence-corrected chi connectivity index (χ2v) is 6.13. The Hall–Kier alpha value is -2.00. The Kier molecular flexibility index (Phi) is 5.19. The monoisotopic (exact) mass is 311 g/mol. The zero-order valence-corrected chi connectivity index (χ0v) is 13.7. The Bertz CT molecular complexity index is 623. The van der Waals surface area contributed by atoms with Crippen molar-refractivity contribution >= 4 is 0 Å². The summed E-state index contributed by atoms with van der Waals surface area (Å²) in [6.45, 7) is 3.14. The molecule has 2 aromatic carbocycles. The van der Waals surface area contributed by atoms with E-state index in [2.05, 4.69) is 18.2 Å². The lowest BCUT2D eigenvalue weighted by Gasteiger charge is -2.31. The van der Waals surface area contributed by atoms with Crippen LogP contribution in [0.4, 0.5) is 0 Å². The number of nitrogens with two attached hydrogens (primary N) is 1. The van der Waals surface area contributed by atoms with Crippen LogP contribution in [0.1, 0.15) is 43.4 Å². The van der Waals surface area contributed by atoms with Crippen LogP contribution >= 0.6 is 0 Å². The molecule has 23 heavy (non-hydrogen) atoms. The Balaban J connectivity index is 1.73. The van der Waals surface area contributed by atoms with E-state index in [9.17, 15) is 0 Å². The van der Waals surface area contributed by atoms with Gasteiger partial charge in [-0.25, -0.2) is 0 Å². The lowest BCUT2D eigenvalue weighted by atomic mass is 9.77. The molecule has 3 heteroatoms. The van der Waals surface area contributed by atoms with Crippen molar-refractivity contribution in [2.75, 3.05) is 6.61 Å². The summed E-state index contributed by atoms with van der Waals surface area (Å²) in [5.74, 6) is 2.18. The van der Waals surface area contributed by atoms with Crippen LogP contribution in [0, 0.1) is 5.92 Å². The van der Waals surface area contributed by atoms with Crippen molar-refractivity contribution in [2.45, 2.75) is 38.8 Å². The van der Waals surface area contributed by atoms with Crippen LogP contribution in [0.5, 0.6) is 11.5 Å². The van der Waals surface area contributed by atoms with E-state index in [1.54, 1.807) is 0 Å². The van der Waals surface area contributed by atoms with Gasteiger partial charge in [0.05, 0.1) is 6.61 Å². The van der Waals surface area contributed by atoms with Crippen molar-refractivity contribution in [2.24, 2.45) is 11.7 Å². The van der Waals surface area contributed by atoms with Crippen molar-refractivity contribution in [3.05, 3.63) is 59.7 Å². The van der Waals surface area contributed by atoms with Gasteiger partial charge in [0.25, 0.3) is 0 Å². The summed E-state index contributed by atoms with van der Waals surface area (Å²) in [5.41, 5.74) is 8.67. The summed E-state index contributed by atoms with van der Waals surface area (Å²) in [4.78, 5) is 0. The van der Waals surface area contributed by atoms with Gasteiger partial charge in [-0.15, -0.1) is 0 Å². The van der Waals surface area contributed by atoms with Gasteiger partial charge >= 0.3 is 0 Å². The standard InChI is InChI=1S/C20H25NO2/c1-2-22-19-13-17(20(21)16-9-6-10-16)11-12-18(19)23-14-15-7-4-3-5-8-15/h3-5,7-8,11-13,16,20H,2,6,9-10,14,21H2,1H3/t20-/m1/s1. The average molecular weight is 311 g/mol. The molecular formula is C20H25NO2. The van der Waals surface area contributed by atoms with Gasteiger partial charge in [0.1, 0.15) is 6.61 Å². The molecule has 0 aromatic heterocycles. The molecular weight excluding hydrogens is 286 g/mol. The fraction of sp³-hybridized carbons (Fsp3) is 0.400. The molecule has 0 saturated heterocycles. The molecule has 122 valence electrons. The Morgan fingerprint density at radius 2 is 1.83 bits per heavy atom. The second kappa shape index (κ2) is 7.51. The van der Waals surface area contributed by atoms with Crippen molar-refractivity contribution in [1.82, 2.24) is 0 Å². The summed E-state index contributed by atoms with van der Waals surface area (Å²) in [6.07, 6.45) is 3.77. The molecule has 1 fully saturated rings. The fourth-order valence-corrected chi connectivity index (χ4v) is 2.93. The molecule has 1 atom stereocenters. The minimum Gasteiger partial charge on any atom is -0.490 e. The molecule has 2 N–H and O–H groups in total. The molecule has 0 aliphatic heterocycles. The Morgan fingerprint density at radius 3 is 2.48 bits per heavy atom. The largest absolute Gasteiger partial charge is 0.490 e. The molecule has 0 unspecified atom stereocenters. The van der Waals surface area contributed by atoms with Crippen molar-refractivity contribution < 1.29 is 9.47 Å². The number of rotatable bonds is 7. The van der Waals surface area contributed by atoms with Crippen LogP contribution < -0.4 is 15.2 Å². The highest BCUT2D eigenvalue weighted by Crippen LogP contribution is 2.39. The quantitative estimate of drug-likeness (QED) is 0.821. The molecule has 0 amide bonds. The third-order valence-corrected chi connectivity index (χ3v) is 4.55. The van der Waals surface area contributed by atoms with E-state index in [-0.39, 0.29) is 6.04 Å². The summed E-state index contributed by atoms with van der Waals surface area (Å²) in [5, 5.41) is 0. The maximum absolute atomic E-state index is 6.38. The number of ether oxygens (including phenoxy) is 2. The van der Waals surface area contributed by atoms with Gasteiger partial charge in [-0.3, -0.25) is 0 Å². The van der Waals surface area contributed by atoms with Gasteiger partial charge in [-0.1, -0.05) is 42.8 Å². The number of benzene rings is 2. The second-order valence-electron chi connectivity index (χ2n) is 6.13. The first-order chi connectivity index (χ1) is 11.3. The highest BCUT2D eigenvalue weighted by molar-refractivity contribution is 5.44. The van der Waals surface area contributed by atoms with Crippen LogP contribution in [0.3, 0.4) is 0 Å². The molecule has 0 radical (unpaired) electrons. The van der Waals surface area contributed by atoms with Crippen LogP contribution in [0.25, 0.3) is 0 Å². The van der Waals surface area contributed by atoms with E-state index in [1.807, 2.05) is 37.3 Å². The minimum absolute atomic E-state index is 0.103. The van der Waals surface area contributed by atoms with Crippen LogP contribution in [0.2, 0.25) is 0 Å². The van der Waals surface area contributed by atoms with Crippen LogP contribution in [0.15, 0.2) is 48.5 Å². The van der Waals surface area contributed by atoms with E-state index >= 15 is 0 Å². The topological polar surface area (TPSA) is 44.5 Å². The predicted octanol–water partition coefficient (Wildman–Crippen LogP) is 4.46.